The second kappa shape index (κ2) is 4.19. The molecule has 0 radical (unpaired) electrons. The van der Waals surface area contributed by atoms with Crippen molar-refractivity contribution in [1.82, 2.24) is 20.2 Å². The number of aromatic amines is 1. The maximum Gasteiger partial charge on any atom is 0.225 e. The molecule has 0 fully saturated rings. The summed E-state index contributed by atoms with van der Waals surface area (Å²) < 4.78 is 5.79. The fourth-order valence-corrected chi connectivity index (χ4v) is 2.53. The minimum atomic E-state index is 0.128. The second-order valence-corrected chi connectivity index (χ2v) is 4.99. The molecule has 4 rings (SSSR count). The maximum atomic E-state index is 6.12. The Kier molecular flexibility index (Phi) is 2.45. The summed E-state index contributed by atoms with van der Waals surface area (Å²) in [6.07, 6.45) is 1.63. The van der Waals surface area contributed by atoms with Crippen LogP contribution in [0, 0.1) is 0 Å². The number of para-hydroxylation sites is 1. The van der Waals surface area contributed by atoms with Crippen LogP contribution < -0.4 is 0 Å². The van der Waals surface area contributed by atoms with Gasteiger partial charge in [0.15, 0.2) is 17.0 Å². The summed E-state index contributed by atoms with van der Waals surface area (Å²) in [6, 6.07) is 7.43. The molecular formula is C13H6Cl2N4O. The van der Waals surface area contributed by atoms with Crippen LogP contribution in [0.5, 0.6) is 0 Å². The quantitative estimate of drug-likeness (QED) is 0.538. The molecule has 3 aromatic heterocycles. The van der Waals surface area contributed by atoms with Gasteiger partial charge in [-0.1, -0.05) is 23.7 Å². The number of halogens is 2. The summed E-state index contributed by atoms with van der Waals surface area (Å²) in [7, 11) is 0. The summed E-state index contributed by atoms with van der Waals surface area (Å²) in [4.78, 5) is 8.29. The first-order valence-corrected chi connectivity index (χ1v) is 6.53. The molecule has 0 amide bonds. The van der Waals surface area contributed by atoms with Crippen LogP contribution in [0.15, 0.2) is 34.9 Å². The average Bonchev–Trinajstić information content (AvgIpc) is 3.04. The highest BCUT2D eigenvalue weighted by Crippen LogP contribution is 2.34. The molecule has 98 valence electrons. The van der Waals surface area contributed by atoms with Gasteiger partial charge in [0.1, 0.15) is 5.69 Å². The first-order chi connectivity index (χ1) is 9.72. The number of fused-ring (bicyclic) bond motifs is 2. The van der Waals surface area contributed by atoms with Gasteiger partial charge < -0.3 is 4.42 Å². The predicted octanol–water partition coefficient (Wildman–Crippen LogP) is 4.07. The molecule has 0 aliphatic heterocycles. The molecule has 7 heteroatoms. The molecule has 20 heavy (non-hydrogen) atoms. The van der Waals surface area contributed by atoms with E-state index in [1.54, 1.807) is 12.3 Å². The Balaban J connectivity index is 2.05. The molecule has 1 N–H and O–H groups in total. The fraction of sp³-hybridized carbons (Fsp3) is 0. The standard InChI is InChI=1S/C13H6Cl2N4O/c14-8-3-1-2-6-4-9(20-11(6)8)10-7-5-16-19-12(7)18-13(15)17-10/h1-5H,(H,16,17,18,19). The van der Waals surface area contributed by atoms with Gasteiger partial charge in [-0.15, -0.1) is 0 Å². The van der Waals surface area contributed by atoms with E-state index < -0.39 is 0 Å². The molecular weight excluding hydrogens is 299 g/mol. The van der Waals surface area contributed by atoms with E-state index in [1.165, 1.54) is 0 Å². The lowest BCUT2D eigenvalue weighted by atomic mass is 10.2. The number of nitrogens with one attached hydrogen (secondary N) is 1. The third-order valence-electron chi connectivity index (χ3n) is 3.01. The number of benzene rings is 1. The van der Waals surface area contributed by atoms with Gasteiger partial charge in [0.2, 0.25) is 5.28 Å². The van der Waals surface area contributed by atoms with Gasteiger partial charge >= 0.3 is 0 Å². The van der Waals surface area contributed by atoms with Gasteiger partial charge in [0.05, 0.1) is 16.6 Å². The topological polar surface area (TPSA) is 67.6 Å². The molecule has 0 atom stereocenters. The molecule has 0 saturated carbocycles. The monoisotopic (exact) mass is 304 g/mol. The normalized spacial score (nSPS) is 11.5. The van der Waals surface area contributed by atoms with Gasteiger partial charge in [-0.05, 0) is 23.7 Å². The van der Waals surface area contributed by atoms with E-state index in [4.69, 9.17) is 27.6 Å². The van der Waals surface area contributed by atoms with E-state index in [1.807, 2.05) is 18.2 Å². The Morgan fingerprint density at radius 2 is 2.05 bits per heavy atom. The van der Waals surface area contributed by atoms with Crippen molar-refractivity contribution in [3.05, 3.63) is 40.8 Å². The van der Waals surface area contributed by atoms with Crippen LogP contribution in [0.3, 0.4) is 0 Å². The highest BCUT2D eigenvalue weighted by molar-refractivity contribution is 6.34. The number of aromatic nitrogens is 4. The summed E-state index contributed by atoms with van der Waals surface area (Å²) >= 11 is 12.0. The Labute approximate surface area is 122 Å². The maximum absolute atomic E-state index is 6.12. The van der Waals surface area contributed by atoms with Crippen molar-refractivity contribution in [2.45, 2.75) is 0 Å². The van der Waals surface area contributed by atoms with Crippen molar-refractivity contribution >= 4 is 45.2 Å². The minimum absolute atomic E-state index is 0.128. The van der Waals surface area contributed by atoms with Crippen LogP contribution in [0.4, 0.5) is 0 Å². The lowest BCUT2D eigenvalue weighted by Gasteiger charge is -1.98. The zero-order chi connectivity index (χ0) is 13.7. The van der Waals surface area contributed by atoms with E-state index in [0.29, 0.717) is 27.7 Å². The predicted molar refractivity (Wildman–Crippen MR) is 76.9 cm³/mol. The van der Waals surface area contributed by atoms with Gasteiger partial charge in [-0.2, -0.15) is 10.1 Å². The zero-order valence-corrected chi connectivity index (χ0v) is 11.4. The fourth-order valence-electron chi connectivity index (χ4n) is 2.14. The van der Waals surface area contributed by atoms with Gasteiger partial charge in [-0.25, -0.2) is 4.98 Å². The molecule has 1 aromatic carbocycles. The number of hydrogen-bond acceptors (Lipinski definition) is 4. The van der Waals surface area contributed by atoms with Crippen LogP contribution in [-0.2, 0) is 0 Å². The van der Waals surface area contributed by atoms with Crippen molar-refractivity contribution < 1.29 is 4.42 Å². The smallest absolute Gasteiger partial charge is 0.225 e. The lowest BCUT2D eigenvalue weighted by molar-refractivity contribution is 0.629. The largest absolute Gasteiger partial charge is 0.453 e. The highest BCUT2D eigenvalue weighted by atomic mass is 35.5. The van der Waals surface area contributed by atoms with Crippen LogP contribution in [-0.4, -0.2) is 20.2 Å². The Morgan fingerprint density at radius 3 is 2.90 bits per heavy atom. The Hall–Kier alpha value is -2.11. The molecule has 5 nitrogen and oxygen atoms in total. The van der Waals surface area contributed by atoms with Gasteiger partial charge in [0.25, 0.3) is 0 Å². The third kappa shape index (κ3) is 1.67. The summed E-state index contributed by atoms with van der Waals surface area (Å²) in [5, 5.41) is 9.03. The van der Waals surface area contributed by atoms with Crippen molar-refractivity contribution in [3.63, 3.8) is 0 Å². The minimum Gasteiger partial charge on any atom is -0.453 e. The number of hydrogen-bond donors (Lipinski definition) is 1. The molecule has 0 aliphatic rings. The SMILES string of the molecule is Clc1nc(-c2cc3cccc(Cl)c3o2)c2cn[nH]c2n1. The Bertz CT molecular complexity index is 944. The zero-order valence-electron chi connectivity index (χ0n) is 9.89. The van der Waals surface area contributed by atoms with Crippen LogP contribution in [0.2, 0.25) is 10.3 Å². The summed E-state index contributed by atoms with van der Waals surface area (Å²) in [5.74, 6) is 0.573. The summed E-state index contributed by atoms with van der Waals surface area (Å²) in [6.45, 7) is 0. The molecule has 0 bridgehead atoms. The third-order valence-corrected chi connectivity index (χ3v) is 3.48. The van der Waals surface area contributed by atoms with Crippen molar-refractivity contribution in [1.29, 1.82) is 0 Å². The highest BCUT2D eigenvalue weighted by Gasteiger charge is 2.15. The first-order valence-electron chi connectivity index (χ1n) is 5.77. The average molecular weight is 305 g/mol. The molecule has 0 spiro atoms. The van der Waals surface area contributed by atoms with E-state index in [0.717, 1.165) is 10.8 Å². The van der Waals surface area contributed by atoms with E-state index in [2.05, 4.69) is 20.2 Å². The van der Waals surface area contributed by atoms with Crippen LogP contribution >= 0.6 is 23.2 Å². The van der Waals surface area contributed by atoms with Crippen molar-refractivity contribution in [3.8, 4) is 11.5 Å². The van der Waals surface area contributed by atoms with Crippen LogP contribution in [0.25, 0.3) is 33.5 Å². The van der Waals surface area contributed by atoms with E-state index in [-0.39, 0.29) is 5.28 Å². The molecule has 4 aromatic rings. The van der Waals surface area contributed by atoms with Gasteiger partial charge in [0, 0.05) is 5.39 Å². The lowest BCUT2D eigenvalue weighted by Crippen LogP contribution is -1.88. The summed E-state index contributed by atoms with van der Waals surface area (Å²) in [5.41, 5.74) is 1.77. The van der Waals surface area contributed by atoms with Crippen LogP contribution in [0.1, 0.15) is 0 Å². The number of furan rings is 1. The number of nitrogens with zero attached hydrogens (tertiary/aromatic N) is 3. The second-order valence-electron chi connectivity index (χ2n) is 4.24. The van der Waals surface area contributed by atoms with Crippen molar-refractivity contribution in [2.24, 2.45) is 0 Å². The van der Waals surface area contributed by atoms with E-state index in [9.17, 15) is 0 Å². The van der Waals surface area contributed by atoms with Gasteiger partial charge in [-0.3, -0.25) is 5.10 Å². The number of rotatable bonds is 1. The Morgan fingerprint density at radius 1 is 1.15 bits per heavy atom. The molecule has 0 unspecified atom stereocenters. The molecule has 3 heterocycles. The molecule has 0 aliphatic carbocycles. The van der Waals surface area contributed by atoms with Crippen molar-refractivity contribution in [2.75, 3.05) is 0 Å². The van der Waals surface area contributed by atoms with E-state index >= 15 is 0 Å². The first kappa shape index (κ1) is 11.7. The number of H-pyrrole nitrogens is 1. The molecule has 0 saturated heterocycles.